The van der Waals surface area contributed by atoms with Crippen molar-refractivity contribution in [3.8, 4) is 17.2 Å². The highest BCUT2D eigenvalue weighted by Gasteiger charge is 2.15. The lowest BCUT2D eigenvalue weighted by Crippen LogP contribution is -2.05. The first kappa shape index (κ1) is 15.1. The third-order valence-corrected chi connectivity index (χ3v) is 2.97. The Morgan fingerprint density at radius 2 is 1.86 bits per heavy atom. The zero-order chi connectivity index (χ0) is 15.2. The summed E-state index contributed by atoms with van der Waals surface area (Å²) >= 11 is 0. The smallest absolute Gasteiger partial charge is 0.203 e. The fourth-order valence-corrected chi connectivity index (χ4v) is 2.00. The van der Waals surface area contributed by atoms with Gasteiger partial charge in [-0.05, 0) is 30.7 Å². The van der Waals surface area contributed by atoms with Gasteiger partial charge in [0.25, 0.3) is 0 Å². The third-order valence-electron chi connectivity index (χ3n) is 2.97. The topological polar surface area (TPSA) is 84.4 Å². The molecule has 0 aliphatic rings. The molecule has 1 aromatic heterocycles. The van der Waals surface area contributed by atoms with Crippen molar-refractivity contribution in [2.24, 2.45) is 12.8 Å². The fourth-order valence-electron chi connectivity index (χ4n) is 2.00. The highest BCUT2D eigenvalue weighted by atomic mass is 16.5. The molecule has 2 aromatic rings. The molecule has 0 amide bonds. The van der Waals surface area contributed by atoms with Crippen LogP contribution in [0.2, 0.25) is 0 Å². The number of nitrogens with two attached hydrogens (primary N) is 1. The van der Waals surface area contributed by atoms with Crippen molar-refractivity contribution in [2.45, 2.75) is 13.0 Å². The number of hydrogen-bond acceptors (Lipinski definition) is 6. The van der Waals surface area contributed by atoms with E-state index in [0.29, 0.717) is 23.8 Å². The Hall–Kier alpha value is -2.28. The quantitative estimate of drug-likeness (QED) is 0.816. The first-order valence-corrected chi connectivity index (χ1v) is 6.61. The molecule has 2 N–H and O–H groups in total. The van der Waals surface area contributed by atoms with Crippen LogP contribution in [0.5, 0.6) is 17.2 Å². The SMILES string of the molecule is COc1cc(CCN)cc(OC)c1OCc1cn(C)nn1. The van der Waals surface area contributed by atoms with Gasteiger partial charge in [-0.1, -0.05) is 5.21 Å². The molecule has 0 aliphatic heterocycles. The number of benzene rings is 1. The monoisotopic (exact) mass is 292 g/mol. The number of hydrogen-bond donors (Lipinski definition) is 1. The minimum absolute atomic E-state index is 0.288. The summed E-state index contributed by atoms with van der Waals surface area (Å²) in [5.41, 5.74) is 7.36. The van der Waals surface area contributed by atoms with Gasteiger partial charge >= 0.3 is 0 Å². The summed E-state index contributed by atoms with van der Waals surface area (Å²) in [6, 6.07) is 3.81. The van der Waals surface area contributed by atoms with Crippen LogP contribution in [0.3, 0.4) is 0 Å². The van der Waals surface area contributed by atoms with Crippen LogP contribution in [-0.2, 0) is 20.1 Å². The molecule has 1 aromatic carbocycles. The summed E-state index contributed by atoms with van der Waals surface area (Å²) in [6.45, 7) is 0.850. The van der Waals surface area contributed by atoms with Gasteiger partial charge in [0.1, 0.15) is 12.3 Å². The number of aromatic nitrogens is 3. The maximum atomic E-state index is 5.79. The second kappa shape index (κ2) is 6.94. The van der Waals surface area contributed by atoms with Gasteiger partial charge in [0.05, 0.1) is 20.4 Å². The largest absolute Gasteiger partial charge is 0.493 e. The van der Waals surface area contributed by atoms with Crippen molar-refractivity contribution in [1.29, 1.82) is 0 Å². The molecule has 7 nitrogen and oxygen atoms in total. The number of nitrogens with zero attached hydrogens (tertiary/aromatic N) is 3. The highest BCUT2D eigenvalue weighted by molar-refractivity contribution is 5.54. The molecule has 7 heteroatoms. The second-order valence-corrected chi connectivity index (χ2v) is 4.54. The Morgan fingerprint density at radius 3 is 2.33 bits per heavy atom. The van der Waals surface area contributed by atoms with Crippen molar-refractivity contribution in [3.05, 3.63) is 29.6 Å². The fraction of sp³-hybridized carbons (Fsp3) is 0.429. The first-order valence-electron chi connectivity index (χ1n) is 6.61. The van der Waals surface area contributed by atoms with Crippen LogP contribution in [0.15, 0.2) is 18.3 Å². The van der Waals surface area contributed by atoms with Gasteiger partial charge in [-0.3, -0.25) is 4.68 Å². The number of methoxy groups -OCH3 is 2. The van der Waals surface area contributed by atoms with Crippen molar-refractivity contribution >= 4 is 0 Å². The lowest BCUT2D eigenvalue weighted by atomic mass is 10.1. The van der Waals surface area contributed by atoms with Crippen molar-refractivity contribution < 1.29 is 14.2 Å². The molecule has 0 atom stereocenters. The zero-order valence-electron chi connectivity index (χ0n) is 12.5. The Bertz CT molecular complexity index is 573. The molecule has 0 saturated carbocycles. The third kappa shape index (κ3) is 3.63. The maximum absolute atomic E-state index is 5.79. The van der Waals surface area contributed by atoms with Gasteiger partial charge in [-0.15, -0.1) is 5.10 Å². The molecule has 0 aliphatic carbocycles. The predicted octanol–water partition coefficient (Wildman–Crippen LogP) is 0.912. The highest BCUT2D eigenvalue weighted by Crippen LogP contribution is 2.39. The van der Waals surface area contributed by atoms with Crippen LogP contribution in [0.25, 0.3) is 0 Å². The predicted molar refractivity (Wildman–Crippen MR) is 77.6 cm³/mol. The average Bonchev–Trinajstić information content (AvgIpc) is 2.90. The van der Waals surface area contributed by atoms with E-state index < -0.39 is 0 Å². The summed E-state index contributed by atoms with van der Waals surface area (Å²) in [4.78, 5) is 0. The molecule has 0 radical (unpaired) electrons. The van der Waals surface area contributed by atoms with E-state index >= 15 is 0 Å². The van der Waals surface area contributed by atoms with E-state index in [2.05, 4.69) is 10.3 Å². The van der Waals surface area contributed by atoms with E-state index in [1.165, 1.54) is 0 Å². The minimum Gasteiger partial charge on any atom is -0.493 e. The Balaban J connectivity index is 2.23. The number of aryl methyl sites for hydroxylation is 1. The summed E-state index contributed by atoms with van der Waals surface area (Å²) < 4.78 is 18.2. The van der Waals surface area contributed by atoms with E-state index in [4.69, 9.17) is 19.9 Å². The van der Waals surface area contributed by atoms with Gasteiger partial charge in [0.2, 0.25) is 5.75 Å². The lowest BCUT2D eigenvalue weighted by molar-refractivity contribution is 0.262. The molecule has 0 fully saturated rings. The Labute approximate surface area is 123 Å². The Morgan fingerprint density at radius 1 is 1.19 bits per heavy atom. The molecule has 0 spiro atoms. The number of ether oxygens (including phenoxy) is 3. The average molecular weight is 292 g/mol. The standard InChI is InChI=1S/C14H20N4O3/c1-18-8-11(16-17-18)9-21-14-12(19-2)6-10(4-5-15)7-13(14)20-3/h6-8H,4-5,9,15H2,1-3H3. The lowest BCUT2D eigenvalue weighted by Gasteiger charge is -2.15. The van der Waals surface area contributed by atoms with Gasteiger partial charge in [0, 0.05) is 7.05 Å². The van der Waals surface area contributed by atoms with Crippen LogP contribution < -0.4 is 19.9 Å². The van der Waals surface area contributed by atoms with Crippen LogP contribution in [0, 0.1) is 0 Å². The summed E-state index contributed by atoms with van der Waals surface area (Å²) in [7, 11) is 4.99. The number of rotatable bonds is 7. The molecule has 114 valence electrons. The van der Waals surface area contributed by atoms with Crippen molar-refractivity contribution in [2.75, 3.05) is 20.8 Å². The molecule has 0 unspecified atom stereocenters. The van der Waals surface area contributed by atoms with Gasteiger partial charge in [-0.2, -0.15) is 0 Å². The van der Waals surface area contributed by atoms with Crippen LogP contribution in [0.1, 0.15) is 11.3 Å². The van der Waals surface area contributed by atoms with Gasteiger partial charge in [-0.25, -0.2) is 0 Å². The van der Waals surface area contributed by atoms with Gasteiger partial charge < -0.3 is 19.9 Å². The van der Waals surface area contributed by atoms with E-state index in [9.17, 15) is 0 Å². The molecule has 2 rings (SSSR count). The van der Waals surface area contributed by atoms with E-state index in [0.717, 1.165) is 17.7 Å². The molecular weight excluding hydrogens is 272 g/mol. The molecule has 1 heterocycles. The van der Waals surface area contributed by atoms with E-state index in [1.807, 2.05) is 12.1 Å². The zero-order valence-corrected chi connectivity index (χ0v) is 12.5. The first-order chi connectivity index (χ1) is 10.2. The summed E-state index contributed by atoms with van der Waals surface area (Å²) in [5, 5.41) is 7.84. The van der Waals surface area contributed by atoms with Crippen LogP contribution in [-0.4, -0.2) is 35.8 Å². The summed E-state index contributed by atoms with van der Waals surface area (Å²) in [5.74, 6) is 1.77. The summed E-state index contributed by atoms with van der Waals surface area (Å²) in [6.07, 6.45) is 2.54. The van der Waals surface area contributed by atoms with E-state index in [1.54, 1.807) is 32.1 Å². The molecular formula is C14H20N4O3. The second-order valence-electron chi connectivity index (χ2n) is 4.54. The van der Waals surface area contributed by atoms with E-state index in [-0.39, 0.29) is 6.61 Å². The van der Waals surface area contributed by atoms with Gasteiger partial charge in [0.15, 0.2) is 11.5 Å². The van der Waals surface area contributed by atoms with Crippen molar-refractivity contribution in [3.63, 3.8) is 0 Å². The van der Waals surface area contributed by atoms with Crippen LogP contribution >= 0.6 is 0 Å². The Kier molecular flexibility index (Phi) is 4.99. The van der Waals surface area contributed by atoms with Crippen molar-refractivity contribution in [1.82, 2.24) is 15.0 Å². The normalized spacial score (nSPS) is 10.5. The maximum Gasteiger partial charge on any atom is 0.203 e. The molecule has 0 saturated heterocycles. The minimum atomic E-state index is 0.288. The molecule has 21 heavy (non-hydrogen) atoms. The molecule has 0 bridgehead atoms. The van der Waals surface area contributed by atoms with Crippen LogP contribution in [0.4, 0.5) is 0 Å².